The summed E-state index contributed by atoms with van der Waals surface area (Å²) in [5.41, 5.74) is 5.96. The van der Waals surface area contributed by atoms with Crippen molar-refractivity contribution in [1.82, 2.24) is 0 Å². The number of hydrogen-bond donors (Lipinski definition) is 1. The van der Waals surface area contributed by atoms with Gasteiger partial charge in [0.15, 0.2) is 0 Å². The normalized spacial score (nSPS) is 10.7. The van der Waals surface area contributed by atoms with E-state index in [1.165, 1.54) is 17.7 Å². The van der Waals surface area contributed by atoms with Crippen LogP contribution >= 0.6 is 0 Å². The highest BCUT2D eigenvalue weighted by molar-refractivity contribution is 5.85. The molecule has 0 aliphatic heterocycles. The molecule has 4 aromatic rings. The van der Waals surface area contributed by atoms with E-state index in [2.05, 4.69) is 31.2 Å². The number of hydrogen-bond acceptors (Lipinski definition) is 4. The van der Waals surface area contributed by atoms with Gasteiger partial charge in [0.1, 0.15) is 29.7 Å². The third kappa shape index (κ3) is 4.90. The topological polar surface area (TPSA) is 47.9 Å². The van der Waals surface area contributed by atoms with E-state index in [1.807, 2.05) is 30.3 Å². The molecule has 34 heavy (non-hydrogen) atoms. The van der Waals surface area contributed by atoms with Gasteiger partial charge in [-0.05, 0) is 53.9 Å². The third-order valence-electron chi connectivity index (χ3n) is 5.75. The summed E-state index contributed by atoms with van der Waals surface area (Å²) < 4.78 is 30.8. The molecule has 0 aliphatic carbocycles. The Morgan fingerprint density at radius 2 is 1.44 bits per heavy atom. The lowest BCUT2D eigenvalue weighted by molar-refractivity contribution is 0.273. The molecular formula is C29H27FO4. The van der Waals surface area contributed by atoms with Crippen LogP contribution in [-0.4, -0.2) is 19.3 Å². The fourth-order valence-electron chi connectivity index (χ4n) is 3.97. The van der Waals surface area contributed by atoms with Crippen LogP contribution in [0.25, 0.3) is 22.3 Å². The third-order valence-corrected chi connectivity index (χ3v) is 5.75. The van der Waals surface area contributed by atoms with Crippen molar-refractivity contribution in [2.75, 3.05) is 14.2 Å². The number of aliphatic hydroxyl groups excluding tert-OH is 1. The van der Waals surface area contributed by atoms with Crippen LogP contribution in [0.3, 0.4) is 0 Å². The number of aliphatic hydroxyl groups is 1. The van der Waals surface area contributed by atoms with Gasteiger partial charge in [0, 0.05) is 16.7 Å². The Bertz CT molecular complexity index is 1250. The molecule has 0 spiro atoms. The average Bonchev–Trinajstić information content (AvgIpc) is 2.88. The van der Waals surface area contributed by atoms with E-state index in [4.69, 9.17) is 14.2 Å². The van der Waals surface area contributed by atoms with Gasteiger partial charge in [0.25, 0.3) is 0 Å². The van der Waals surface area contributed by atoms with E-state index in [0.29, 0.717) is 29.2 Å². The fraction of sp³-hybridized carbons (Fsp3) is 0.172. The van der Waals surface area contributed by atoms with E-state index in [9.17, 15) is 9.50 Å². The summed E-state index contributed by atoms with van der Waals surface area (Å²) in [4.78, 5) is 0. The van der Waals surface area contributed by atoms with E-state index in [1.54, 1.807) is 26.4 Å². The van der Waals surface area contributed by atoms with Crippen LogP contribution in [0, 0.1) is 12.7 Å². The summed E-state index contributed by atoms with van der Waals surface area (Å²) in [6.07, 6.45) is 0. The zero-order valence-electron chi connectivity index (χ0n) is 19.5. The summed E-state index contributed by atoms with van der Waals surface area (Å²) >= 11 is 0. The molecule has 0 saturated carbocycles. The van der Waals surface area contributed by atoms with E-state index >= 15 is 0 Å². The first-order chi connectivity index (χ1) is 16.5. The van der Waals surface area contributed by atoms with Crippen LogP contribution in [0.2, 0.25) is 0 Å². The second kappa shape index (κ2) is 10.4. The highest BCUT2D eigenvalue weighted by Gasteiger charge is 2.21. The molecule has 0 fully saturated rings. The first-order valence-corrected chi connectivity index (χ1v) is 11.0. The summed E-state index contributed by atoms with van der Waals surface area (Å²) in [6, 6.07) is 23.9. The van der Waals surface area contributed by atoms with Gasteiger partial charge >= 0.3 is 0 Å². The second-order valence-electron chi connectivity index (χ2n) is 7.98. The molecule has 0 heterocycles. The maximum absolute atomic E-state index is 13.5. The number of rotatable bonds is 8. The highest BCUT2D eigenvalue weighted by Crippen LogP contribution is 2.45. The monoisotopic (exact) mass is 458 g/mol. The largest absolute Gasteiger partial charge is 0.496 e. The molecule has 0 aromatic heterocycles. The smallest absolute Gasteiger partial charge is 0.133 e. The van der Waals surface area contributed by atoms with Crippen molar-refractivity contribution < 1.29 is 23.7 Å². The van der Waals surface area contributed by atoms with Crippen LogP contribution in [0.5, 0.6) is 17.2 Å². The first kappa shape index (κ1) is 23.3. The molecule has 4 nitrogen and oxygen atoms in total. The minimum atomic E-state index is -0.321. The molecule has 1 N–H and O–H groups in total. The number of methoxy groups -OCH3 is 2. The average molecular weight is 459 g/mol. The molecule has 4 rings (SSSR count). The quantitative estimate of drug-likeness (QED) is 0.325. The van der Waals surface area contributed by atoms with Gasteiger partial charge in [0.05, 0.1) is 20.8 Å². The summed E-state index contributed by atoms with van der Waals surface area (Å²) in [6.45, 7) is 2.28. The number of halogens is 1. The van der Waals surface area contributed by atoms with Crippen molar-refractivity contribution >= 4 is 0 Å². The number of aryl methyl sites for hydroxylation is 1. The van der Waals surface area contributed by atoms with Gasteiger partial charge in [-0.2, -0.15) is 0 Å². The van der Waals surface area contributed by atoms with Gasteiger partial charge in [-0.15, -0.1) is 0 Å². The van der Waals surface area contributed by atoms with Crippen molar-refractivity contribution in [3.63, 3.8) is 0 Å². The molecule has 5 heteroatoms. The molecule has 0 atom stereocenters. The zero-order chi connectivity index (χ0) is 24.1. The van der Waals surface area contributed by atoms with E-state index in [0.717, 1.165) is 28.0 Å². The van der Waals surface area contributed by atoms with E-state index < -0.39 is 0 Å². The second-order valence-corrected chi connectivity index (χ2v) is 7.98. The Balaban J connectivity index is 1.68. The number of benzene rings is 4. The molecular weight excluding hydrogens is 431 g/mol. The van der Waals surface area contributed by atoms with E-state index in [-0.39, 0.29) is 12.4 Å². The standard InChI is InChI=1S/C29H27FO4/c1-19-4-6-20(7-5-19)18-34-24-14-10-22(11-15-24)28-26(17-31)29(33-3)25(16-27(28)32-2)21-8-12-23(30)13-9-21/h4-16,31H,17-18H2,1-3H3. The van der Waals surface area contributed by atoms with Gasteiger partial charge in [-0.3, -0.25) is 0 Å². The molecule has 0 aliphatic rings. The van der Waals surface area contributed by atoms with Crippen molar-refractivity contribution in [2.45, 2.75) is 20.1 Å². The van der Waals surface area contributed by atoms with Crippen LogP contribution in [-0.2, 0) is 13.2 Å². The summed E-state index contributed by atoms with van der Waals surface area (Å²) in [7, 11) is 3.14. The predicted molar refractivity (Wildman–Crippen MR) is 132 cm³/mol. The van der Waals surface area contributed by atoms with Crippen LogP contribution in [0.1, 0.15) is 16.7 Å². The Kier molecular flexibility index (Phi) is 7.14. The van der Waals surface area contributed by atoms with Crippen LogP contribution in [0.15, 0.2) is 78.9 Å². The Labute approximate surface area is 199 Å². The summed E-state index contributed by atoms with van der Waals surface area (Å²) in [5, 5.41) is 10.3. The minimum absolute atomic E-state index is 0.254. The SMILES string of the molecule is COc1cc(-c2ccc(F)cc2)c(OC)c(CO)c1-c1ccc(OCc2ccc(C)cc2)cc1. The molecule has 174 valence electrons. The maximum Gasteiger partial charge on any atom is 0.133 e. The molecule has 0 unspecified atom stereocenters. The lowest BCUT2D eigenvalue weighted by atomic mass is 9.92. The van der Waals surface area contributed by atoms with Crippen molar-refractivity contribution in [3.8, 4) is 39.5 Å². The Hall–Kier alpha value is -3.83. The van der Waals surface area contributed by atoms with Gasteiger partial charge in [-0.1, -0.05) is 54.1 Å². The van der Waals surface area contributed by atoms with Crippen LogP contribution < -0.4 is 14.2 Å². The minimum Gasteiger partial charge on any atom is -0.496 e. The van der Waals surface area contributed by atoms with Crippen molar-refractivity contribution in [3.05, 3.63) is 101 Å². The fourth-order valence-corrected chi connectivity index (χ4v) is 3.97. The lowest BCUT2D eigenvalue weighted by Crippen LogP contribution is -2.02. The van der Waals surface area contributed by atoms with Gasteiger partial charge in [0.2, 0.25) is 0 Å². The molecule has 0 saturated heterocycles. The van der Waals surface area contributed by atoms with Crippen molar-refractivity contribution in [1.29, 1.82) is 0 Å². The number of ether oxygens (including phenoxy) is 3. The first-order valence-electron chi connectivity index (χ1n) is 11.0. The Morgan fingerprint density at radius 3 is 2.03 bits per heavy atom. The zero-order valence-corrected chi connectivity index (χ0v) is 19.5. The Morgan fingerprint density at radius 1 is 0.794 bits per heavy atom. The van der Waals surface area contributed by atoms with Crippen LogP contribution in [0.4, 0.5) is 4.39 Å². The van der Waals surface area contributed by atoms with Crippen molar-refractivity contribution in [2.24, 2.45) is 0 Å². The highest BCUT2D eigenvalue weighted by atomic mass is 19.1. The maximum atomic E-state index is 13.5. The lowest BCUT2D eigenvalue weighted by Gasteiger charge is -2.20. The predicted octanol–water partition coefficient (Wildman–Crippen LogP) is 6.56. The molecule has 0 bridgehead atoms. The van der Waals surface area contributed by atoms with Gasteiger partial charge in [-0.25, -0.2) is 4.39 Å². The summed E-state index contributed by atoms with van der Waals surface area (Å²) in [5.74, 6) is 1.52. The molecule has 0 radical (unpaired) electrons. The molecule has 4 aromatic carbocycles. The van der Waals surface area contributed by atoms with Gasteiger partial charge < -0.3 is 19.3 Å². The molecule has 0 amide bonds.